The van der Waals surface area contributed by atoms with Gasteiger partial charge in [-0.2, -0.15) is 0 Å². The number of hydrogen-bond donors (Lipinski definition) is 2. The number of para-hydroxylation sites is 2. The van der Waals surface area contributed by atoms with Crippen molar-refractivity contribution in [2.45, 2.75) is 19.6 Å². The molecule has 0 aliphatic carbocycles. The lowest BCUT2D eigenvalue weighted by Crippen LogP contribution is -2.45. The summed E-state index contributed by atoms with van der Waals surface area (Å²) in [7, 11) is 1.60. The first kappa shape index (κ1) is 17.8. The first-order chi connectivity index (χ1) is 12.8. The quantitative estimate of drug-likeness (QED) is 0.609. The zero-order chi connectivity index (χ0) is 18.2. The van der Waals surface area contributed by atoms with Crippen molar-refractivity contribution in [3.05, 3.63) is 48.2 Å². The fourth-order valence-corrected chi connectivity index (χ4v) is 2.51. The number of hydrogen-bond acceptors (Lipinski definition) is 5. The molecule has 0 spiro atoms. The van der Waals surface area contributed by atoms with Crippen molar-refractivity contribution in [3.63, 3.8) is 0 Å². The Bertz CT molecular complexity index is 734. The Morgan fingerprint density at radius 2 is 2.08 bits per heavy atom. The molecule has 1 aromatic carbocycles. The summed E-state index contributed by atoms with van der Waals surface area (Å²) in [6.45, 7) is 4.43. The van der Waals surface area contributed by atoms with Crippen LogP contribution in [0, 0.1) is 0 Å². The molecule has 0 bridgehead atoms. The van der Waals surface area contributed by atoms with Crippen LogP contribution in [-0.4, -0.2) is 43.9 Å². The van der Waals surface area contributed by atoms with Gasteiger partial charge in [-0.3, -0.25) is 0 Å². The molecule has 1 aliphatic rings. The van der Waals surface area contributed by atoms with E-state index in [0.29, 0.717) is 25.6 Å². The highest BCUT2D eigenvalue weighted by atomic mass is 16.6. The van der Waals surface area contributed by atoms with Crippen LogP contribution < -0.4 is 24.8 Å². The van der Waals surface area contributed by atoms with E-state index >= 15 is 0 Å². The van der Waals surface area contributed by atoms with Crippen LogP contribution in [0.15, 0.2) is 47.6 Å². The average Bonchev–Trinajstić information content (AvgIpc) is 2.70. The predicted molar refractivity (Wildman–Crippen MR) is 100.0 cm³/mol. The number of aromatic nitrogens is 1. The second kappa shape index (κ2) is 8.94. The second-order valence-corrected chi connectivity index (χ2v) is 5.78. The normalized spacial score (nSPS) is 16.1. The third kappa shape index (κ3) is 4.78. The highest BCUT2D eigenvalue weighted by molar-refractivity contribution is 5.79. The zero-order valence-corrected chi connectivity index (χ0v) is 15.1. The maximum atomic E-state index is 5.95. The summed E-state index contributed by atoms with van der Waals surface area (Å²) in [5, 5.41) is 6.53. The van der Waals surface area contributed by atoms with Crippen LogP contribution in [0.5, 0.6) is 17.4 Å². The van der Waals surface area contributed by atoms with E-state index in [9.17, 15) is 0 Å². The van der Waals surface area contributed by atoms with Gasteiger partial charge in [0.2, 0.25) is 5.88 Å². The lowest BCUT2D eigenvalue weighted by atomic mass is 10.2. The fourth-order valence-electron chi connectivity index (χ4n) is 2.51. The van der Waals surface area contributed by atoms with Crippen molar-refractivity contribution in [3.8, 4) is 17.4 Å². The Labute approximate surface area is 153 Å². The largest absolute Gasteiger partial charge is 0.486 e. The van der Waals surface area contributed by atoms with Gasteiger partial charge in [-0.05, 0) is 24.6 Å². The van der Waals surface area contributed by atoms with E-state index < -0.39 is 0 Å². The van der Waals surface area contributed by atoms with Gasteiger partial charge in [-0.25, -0.2) is 9.98 Å². The van der Waals surface area contributed by atoms with Gasteiger partial charge in [-0.1, -0.05) is 18.2 Å². The summed E-state index contributed by atoms with van der Waals surface area (Å²) >= 11 is 0. The highest BCUT2D eigenvalue weighted by Crippen LogP contribution is 2.30. The number of benzene rings is 1. The minimum atomic E-state index is -0.0728. The van der Waals surface area contributed by atoms with E-state index in [1.807, 2.05) is 43.3 Å². The van der Waals surface area contributed by atoms with Crippen molar-refractivity contribution in [1.82, 2.24) is 15.6 Å². The zero-order valence-electron chi connectivity index (χ0n) is 15.1. The maximum absolute atomic E-state index is 5.95. The van der Waals surface area contributed by atoms with Crippen molar-refractivity contribution < 1.29 is 14.2 Å². The summed E-state index contributed by atoms with van der Waals surface area (Å²) in [5.74, 6) is 2.89. The van der Waals surface area contributed by atoms with Gasteiger partial charge in [0.15, 0.2) is 17.5 Å². The second-order valence-electron chi connectivity index (χ2n) is 5.78. The summed E-state index contributed by atoms with van der Waals surface area (Å²) < 4.78 is 16.8. The van der Waals surface area contributed by atoms with Gasteiger partial charge in [0.1, 0.15) is 12.7 Å². The van der Waals surface area contributed by atoms with Crippen molar-refractivity contribution in [2.24, 2.45) is 4.99 Å². The molecule has 1 atom stereocenters. The van der Waals surface area contributed by atoms with Crippen molar-refractivity contribution in [1.29, 1.82) is 0 Å². The van der Waals surface area contributed by atoms with Gasteiger partial charge < -0.3 is 24.8 Å². The molecule has 2 heterocycles. The minimum Gasteiger partial charge on any atom is -0.486 e. The molecule has 2 aromatic rings. The predicted octanol–water partition coefficient (Wildman–Crippen LogP) is 1.99. The molecule has 0 radical (unpaired) electrons. The number of fused-ring (bicyclic) bond motifs is 1. The number of aliphatic imine (C=N–C) groups is 1. The van der Waals surface area contributed by atoms with Gasteiger partial charge in [0.05, 0.1) is 20.2 Å². The third-order valence-corrected chi connectivity index (χ3v) is 3.84. The standard InChI is InChI=1S/C19H24N4O3/c1-3-20-19(22-11-14-8-9-18(24-2)21-10-14)23-12-15-13-25-16-6-4-5-7-17(16)26-15/h4-10,15H,3,11-13H2,1-2H3,(H2,20,22,23). The molecule has 0 saturated carbocycles. The Balaban J connectivity index is 1.54. The van der Waals surface area contributed by atoms with Gasteiger partial charge in [0.25, 0.3) is 0 Å². The molecule has 0 amide bonds. The number of rotatable bonds is 6. The van der Waals surface area contributed by atoms with Crippen LogP contribution in [0.3, 0.4) is 0 Å². The number of pyridine rings is 1. The molecular weight excluding hydrogens is 332 g/mol. The molecule has 7 nitrogen and oxygen atoms in total. The Kier molecular flexibility index (Phi) is 6.14. The van der Waals surface area contributed by atoms with Crippen LogP contribution >= 0.6 is 0 Å². The molecule has 0 saturated heterocycles. The first-order valence-corrected chi connectivity index (χ1v) is 8.68. The molecule has 138 valence electrons. The molecule has 0 fully saturated rings. The number of nitrogens with one attached hydrogen (secondary N) is 2. The van der Waals surface area contributed by atoms with E-state index in [4.69, 9.17) is 14.2 Å². The third-order valence-electron chi connectivity index (χ3n) is 3.84. The monoisotopic (exact) mass is 356 g/mol. The Hall–Kier alpha value is -2.96. The maximum Gasteiger partial charge on any atom is 0.212 e. The molecule has 7 heteroatoms. The van der Waals surface area contributed by atoms with Crippen molar-refractivity contribution in [2.75, 3.05) is 26.8 Å². The Morgan fingerprint density at radius 3 is 2.81 bits per heavy atom. The SMILES string of the molecule is CCNC(=NCc1ccc(OC)nc1)NCC1COc2ccccc2O1. The molecule has 26 heavy (non-hydrogen) atoms. The average molecular weight is 356 g/mol. The van der Waals surface area contributed by atoms with Gasteiger partial charge >= 0.3 is 0 Å². The summed E-state index contributed by atoms with van der Waals surface area (Å²) in [4.78, 5) is 8.78. The lowest BCUT2D eigenvalue weighted by molar-refractivity contribution is 0.0936. The number of ether oxygens (including phenoxy) is 3. The summed E-state index contributed by atoms with van der Waals surface area (Å²) in [5.41, 5.74) is 1.01. The topological polar surface area (TPSA) is 77.0 Å². The highest BCUT2D eigenvalue weighted by Gasteiger charge is 2.20. The number of guanidine groups is 1. The van der Waals surface area contributed by atoms with E-state index in [0.717, 1.165) is 29.6 Å². The lowest BCUT2D eigenvalue weighted by Gasteiger charge is -2.27. The molecule has 2 N–H and O–H groups in total. The smallest absolute Gasteiger partial charge is 0.212 e. The van der Waals surface area contributed by atoms with Crippen LogP contribution in [-0.2, 0) is 6.54 Å². The van der Waals surface area contributed by atoms with E-state index in [1.165, 1.54) is 0 Å². The van der Waals surface area contributed by atoms with Gasteiger partial charge in [0, 0.05) is 18.8 Å². The number of methoxy groups -OCH3 is 1. The molecule has 1 unspecified atom stereocenters. The first-order valence-electron chi connectivity index (χ1n) is 8.68. The molecule has 1 aliphatic heterocycles. The fraction of sp³-hybridized carbons (Fsp3) is 0.368. The Morgan fingerprint density at radius 1 is 1.23 bits per heavy atom. The van der Waals surface area contributed by atoms with Crippen LogP contribution in [0.4, 0.5) is 0 Å². The minimum absolute atomic E-state index is 0.0728. The van der Waals surface area contributed by atoms with Crippen molar-refractivity contribution >= 4 is 5.96 Å². The molecule has 3 rings (SSSR count). The molecular formula is C19H24N4O3. The van der Waals surface area contributed by atoms with Crippen LogP contribution in [0.2, 0.25) is 0 Å². The van der Waals surface area contributed by atoms with E-state index in [-0.39, 0.29) is 6.10 Å². The summed E-state index contributed by atoms with van der Waals surface area (Å²) in [6.07, 6.45) is 1.69. The number of nitrogens with zero attached hydrogens (tertiary/aromatic N) is 2. The van der Waals surface area contributed by atoms with Crippen LogP contribution in [0.1, 0.15) is 12.5 Å². The van der Waals surface area contributed by atoms with E-state index in [2.05, 4.69) is 20.6 Å². The molecule has 1 aromatic heterocycles. The van der Waals surface area contributed by atoms with Crippen LogP contribution in [0.25, 0.3) is 0 Å². The van der Waals surface area contributed by atoms with Gasteiger partial charge in [-0.15, -0.1) is 0 Å². The summed E-state index contributed by atoms with van der Waals surface area (Å²) in [6, 6.07) is 11.5. The van der Waals surface area contributed by atoms with E-state index in [1.54, 1.807) is 13.3 Å².